The molecular formula is C4H5N3O. The molecule has 0 heterocycles. The SMILES string of the molecule is CC(C#N)C(=O)N=N. The van der Waals surface area contributed by atoms with E-state index < -0.39 is 11.8 Å². The first-order valence-electron chi connectivity index (χ1n) is 2.03. The van der Waals surface area contributed by atoms with Gasteiger partial charge in [-0.05, 0) is 6.92 Å². The Kier molecular flexibility index (Phi) is 2.41. The minimum absolute atomic E-state index is 0.687. The second-order valence-electron chi connectivity index (χ2n) is 1.30. The summed E-state index contributed by atoms with van der Waals surface area (Å²) in [6, 6.07) is 1.65. The fraction of sp³-hybridized carbons (Fsp3) is 0.500. The number of amides is 1. The van der Waals surface area contributed by atoms with Gasteiger partial charge in [-0.2, -0.15) is 5.26 Å². The molecule has 0 saturated carbocycles. The molecule has 0 rings (SSSR count). The van der Waals surface area contributed by atoms with Crippen molar-refractivity contribution in [3.8, 4) is 6.07 Å². The summed E-state index contributed by atoms with van der Waals surface area (Å²) < 4.78 is 0. The third-order valence-corrected chi connectivity index (χ3v) is 0.674. The van der Waals surface area contributed by atoms with Crippen molar-refractivity contribution >= 4 is 5.91 Å². The van der Waals surface area contributed by atoms with Gasteiger partial charge in [-0.25, -0.2) is 5.53 Å². The zero-order valence-corrected chi connectivity index (χ0v) is 4.38. The molecule has 0 saturated heterocycles. The van der Waals surface area contributed by atoms with E-state index in [0.717, 1.165) is 0 Å². The Morgan fingerprint density at radius 1 is 2.00 bits per heavy atom. The fourth-order valence-corrected chi connectivity index (χ4v) is 0.152. The molecular weight excluding hydrogens is 106 g/mol. The summed E-state index contributed by atoms with van der Waals surface area (Å²) in [5, 5.41) is 10.6. The average molecular weight is 111 g/mol. The van der Waals surface area contributed by atoms with Crippen LogP contribution in [0.2, 0.25) is 0 Å². The van der Waals surface area contributed by atoms with Gasteiger partial charge in [0.1, 0.15) is 5.92 Å². The lowest BCUT2D eigenvalue weighted by Crippen LogP contribution is -2.02. The standard InChI is InChI=1S/C4H5N3O/c1-3(2-5)4(8)7-6/h3,6H,1H3. The molecule has 1 amide bonds. The van der Waals surface area contributed by atoms with Gasteiger partial charge >= 0.3 is 0 Å². The maximum absolute atomic E-state index is 10.2. The highest BCUT2D eigenvalue weighted by Crippen LogP contribution is 1.92. The molecule has 4 nitrogen and oxygen atoms in total. The van der Waals surface area contributed by atoms with Crippen LogP contribution in [0.5, 0.6) is 0 Å². The number of nitrogens with zero attached hydrogens (tertiary/aromatic N) is 2. The van der Waals surface area contributed by atoms with Gasteiger partial charge in [-0.3, -0.25) is 4.79 Å². The number of hydrogen-bond donors (Lipinski definition) is 1. The van der Waals surface area contributed by atoms with Crippen LogP contribution < -0.4 is 0 Å². The molecule has 0 aliphatic heterocycles. The summed E-state index contributed by atoms with van der Waals surface area (Å²) in [7, 11) is 0. The molecule has 42 valence electrons. The monoisotopic (exact) mass is 111 g/mol. The number of nitrogens with one attached hydrogen (secondary N) is 1. The van der Waals surface area contributed by atoms with E-state index >= 15 is 0 Å². The van der Waals surface area contributed by atoms with Gasteiger partial charge in [0.25, 0.3) is 5.91 Å². The highest BCUT2D eigenvalue weighted by molar-refractivity contribution is 5.80. The van der Waals surface area contributed by atoms with Gasteiger partial charge in [-0.1, -0.05) is 0 Å². The van der Waals surface area contributed by atoms with Crippen LogP contribution >= 0.6 is 0 Å². The summed E-state index contributed by atoms with van der Waals surface area (Å²) >= 11 is 0. The van der Waals surface area contributed by atoms with Crippen molar-refractivity contribution in [1.82, 2.24) is 0 Å². The molecule has 1 unspecified atom stereocenters. The van der Waals surface area contributed by atoms with Gasteiger partial charge in [0.05, 0.1) is 6.07 Å². The first-order valence-corrected chi connectivity index (χ1v) is 2.03. The fourth-order valence-electron chi connectivity index (χ4n) is 0.152. The quantitative estimate of drug-likeness (QED) is 0.505. The minimum Gasteiger partial charge on any atom is -0.269 e. The molecule has 0 radical (unpaired) electrons. The zero-order chi connectivity index (χ0) is 6.57. The molecule has 1 atom stereocenters. The number of carbonyl (C=O) groups excluding carboxylic acids is 1. The van der Waals surface area contributed by atoms with Gasteiger partial charge < -0.3 is 0 Å². The van der Waals surface area contributed by atoms with Crippen molar-refractivity contribution in [2.45, 2.75) is 6.92 Å². The predicted molar refractivity (Wildman–Crippen MR) is 24.9 cm³/mol. The van der Waals surface area contributed by atoms with Crippen LogP contribution in [0.3, 0.4) is 0 Å². The molecule has 1 N–H and O–H groups in total. The summed E-state index contributed by atoms with van der Waals surface area (Å²) in [5.74, 6) is -1.46. The Morgan fingerprint density at radius 2 is 2.50 bits per heavy atom. The van der Waals surface area contributed by atoms with E-state index in [1.807, 2.05) is 0 Å². The smallest absolute Gasteiger partial charge is 0.269 e. The second kappa shape index (κ2) is 2.86. The number of nitriles is 1. The number of rotatable bonds is 1. The minimum atomic E-state index is -0.771. The molecule has 0 fully saturated rings. The van der Waals surface area contributed by atoms with Crippen LogP contribution in [0.4, 0.5) is 0 Å². The topological polar surface area (TPSA) is 77.1 Å². The molecule has 4 heteroatoms. The largest absolute Gasteiger partial charge is 0.280 e. The summed E-state index contributed by atoms with van der Waals surface area (Å²) in [6.45, 7) is 1.40. The van der Waals surface area contributed by atoms with E-state index in [0.29, 0.717) is 0 Å². The summed E-state index contributed by atoms with van der Waals surface area (Å²) in [6.07, 6.45) is 0. The molecule has 0 aromatic heterocycles. The van der Waals surface area contributed by atoms with Crippen molar-refractivity contribution < 1.29 is 4.79 Å². The summed E-state index contributed by atoms with van der Waals surface area (Å²) in [5.41, 5.74) is 6.17. The second-order valence-corrected chi connectivity index (χ2v) is 1.30. The van der Waals surface area contributed by atoms with Crippen LogP contribution in [0.25, 0.3) is 0 Å². The lowest BCUT2D eigenvalue weighted by Gasteiger charge is -1.87. The van der Waals surface area contributed by atoms with E-state index in [9.17, 15) is 4.79 Å². The van der Waals surface area contributed by atoms with Crippen LogP contribution in [-0.2, 0) is 4.79 Å². The van der Waals surface area contributed by atoms with Crippen molar-refractivity contribution in [2.24, 2.45) is 11.0 Å². The van der Waals surface area contributed by atoms with Crippen molar-refractivity contribution in [3.05, 3.63) is 0 Å². The molecule has 0 aliphatic rings. The van der Waals surface area contributed by atoms with Crippen molar-refractivity contribution in [2.75, 3.05) is 0 Å². The Hall–Kier alpha value is -1.24. The van der Waals surface area contributed by atoms with Crippen molar-refractivity contribution in [1.29, 1.82) is 10.8 Å². The molecule has 0 aromatic carbocycles. The Morgan fingerprint density at radius 3 is 2.62 bits per heavy atom. The van der Waals surface area contributed by atoms with Crippen LogP contribution in [-0.4, -0.2) is 5.91 Å². The number of hydrogen-bond acceptors (Lipinski definition) is 3. The van der Waals surface area contributed by atoms with Crippen molar-refractivity contribution in [3.63, 3.8) is 0 Å². The van der Waals surface area contributed by atoms with Crippen LogP contribution in [0, 0.1) is 22.8 Å². The zero-order valence-electron chi connectivity index (χ0n) is 4.38. The average Bonchev–Trinajstić information content (AvgIpc) is 1.84. The Bertz CT molecular complexity index is 146. The third-order valence-electron chi connectivity index (χ3n) is 0.674. The Labute approximate surface area is 46.6 Å². The van der Waals surface area contributed by atoms with E-state index in [-0.39, 0.29) is 0 Å². The molecule has 0 aromatic rings. The lowest BCUT2D eigenvalue weighted by atomic mass is 10.2. The normalized spacial score (nSPS) is 11.5. The summed E-state index contributed by atoms with van der Waals surface area (Å²) in [4.78, 5) is 10.2. The maximum Gasteiger partial charge on any atom is 0.280 e. The molecule has 0 aliphatic carbocycles. The first-order chi connectivity index (χ1) is 3.72. The Balaban J connectivity index is 3.86. The molecule has 8 heavy (non-hydrogen) atoms. The first kappa shape index (κ1) is 6.76. The lowest BCUT2D eigenvalue weighted by molar-refractivity contribution is -0.120. The third kappa shape index (κ3) is 1.47. The van der Waals surface area contributed by atoms with Crippen LogP contribution in [0.15, 0.2) is 5.11 Å². The molecule has 0 bridgehead atoms. The molecule has 0 spiro atoms. The van der Waals surface area contributed by atoms with E-state index in [1.165, 1.54) is 6.92 Å². The van der Waals surface area contributed by atoms with Crippen LogP contribution in [0.1, 0.15) is 6.92 Å². The van der Waals surface area contributed by atoms with E-state index in [2.05, 4.69) is 5.11 Å². The number of carbonyl (C=O) groups is 1. The predicted octanol–water partition coefficient (Wildman–Crippen LogP) is 0.704. The van der Waals surface area contributed by atoms with E-state index in [1.54, 1.807) is 6.07 Å². The van der Waals surface area contributed by atoms with E-state index in [4.69, 9.17) is 10.8 Å². The van der Waals surface area contributed by atoms with Gasteiger partial charge in [0, 0.05) is 0 Å². The maximum atomic E-state index is 10.2. The van der Waals surface area contributed by atoms with Gasteiger partial charge in [-0.15, -0.1) is 5.11 Å². The van der Waals surface area contributed by atoms with Gasteiger partial charge in [0.2, 0.25) is 0 Å². The van der Waals surface area contributed by atoms with Gasteiger partial charge in [0.15, 0.2) is 0 Å². The highest BCUT2D eigenvalue weighted by atomic mass is 16.1. The highest BCUT2D eigenvalue weighted by Gasteiger charge is 2.08.